The van der Waals surface area contributed by atoms with E-state index < -0.39 is 0 Å². The van der Waals surface area contributed by atoms with Crippen LogP contribution in [0, 0.1) is 19.8 Å². The summed E-state index contributed by atoms with van der Waals surface area (Å²) in [5.74, 6) is 0.932. The van der Waals surface area contributed by atoms with Crippen LogP contribution in [0.1, 0.15) is 35.9 Å². The zero-order chi connectivity index (χ0) is 16.1. The highest BCUT2D eigenvalue weighted by Gasteiger charge is 2.19. The molecule has 4 heteroatoms. The zero-order valence-electron chi connectivity index (χ0n) is 13.6. The topological polar surface area (TPSA) is 29.1 Å². The molecule has 1 atom stereocenters. The molecule has 0 aliphatic rings. The molecule has 1 aromatic carbocycles. The molecule has 1 N–H and O–H groups in total. The monoisotopic (exact) mass is 333 g/mol. The lowest BCUT2D eigenvalue weighted by atomic mass is 10.0. The number of hydrogen-bond donors (Lipinski definition) is 1. The summed E-state index contributed by atoms with van der Waals surface area (Å²) in [6, 6.07) is 10.6. The van der Waals surface area contributed by atoms with Crippen LogP contribution in [-0.4, -0.2) is 11.7 Å². The Morgan fingerprint density at radius 3 is 2.59 bits per heavy atom. The molecular weight excluding hydrogens is 310 g/mol. The first-order valence-corrected chi connectivity index (χ1v) is 9.36. The number of rotatable bonds is 6. The van der Waals surface area contributed by atoms with Crippen molar-refractivity contribution < 1.29 is 4.79 Å². The molecule has 118 valence electrons. The average Bonchev–Trinajstić information content (AvgIpc) is 2.99. The van der Waals surface area contributed by atoms with Gasteiger partial charge in [0.1, 0.15) is 0 Å². The van der Waals surface area contributed by atoms with E-state index in [1.54, 1.807) is 23.1 Å². The third-order valence-corrected chi connectivity index (χ3v) is 5.63. The van der Waals surface area contributed by atoms with Crippen LogP contribution in [-0.2, 0) is 4.79 Å². The molecule has 0 aliphatic carbocycles. The van der Waals surface area contributed by atoms with Gasteiger partial charge in [-0.1, -0.05) is 26.0 Å². The van der Waals surface area contributed by atoms with E-state index in [2.05, 4.69) is 62.7 Å². The summed E-state index contributed by atoms with van der Waals surface area (Å²) in [6.45, 7) is 8.48. The molecule has 0 radical (unpaired) electrons. The lowest BCUT2D eigenvalue weighted by Crippen LogP contribution is -2.32. The lowest BCUT2D eigenvalue weighted by molar-refractivity contribution is -0.119. The Balaban J connectivity index is 1.92. The predicted octanol–water partition coefficient (Wildman–Crippen LogP) is 4.97. The fourth-order valence-corrected chi connectivity index (χ4v) is 3.96. The molecule has 0 aliphatic heterocycles. The highest BCUT2D eigenvalue weighted by Crippen LogP contribution is 2.26. The van der Waals surface area contributed by atoms with E-state index in [0.29, 0.717) is 11.7 Å². The van der Waals surface area contributed by atoms with Crippen molar-refractivity contribution in [2.45, 2.75) is 38.6 Å². The van der Waals surface area contributed by atoms with Gasteiger partial charge in [0.15, 0.2) is 0 Å². The molecule has 1 amide bonds. The molecule has 0 bridgehead atoms. The summed E-state index contributed by atoms with van der Waals surface area (Å²) in [5.41, 5.74) is 2.55. The minimum atomic E-state index is 0.0929. The number of hydrogen-bond acceptors (Lipinski definition) is 3. The smallest absolute Gasteiger partial charge is 0.230 e. The van der Waals surface area contributed by atoms with Gasteiger partial charge in [0, 0.05) is 9.77 Å². The lowest BCUT2D eigenvalue weighted by Gasteiger charge is -2.21. The van der Waals surface area contributed by atoms with Crippen molar-refractivity contribution in [1.82, 2.24) is 5.32 Å². The quantitative estimate of drug-likeness (QED) is 0.756. The van der Waals surface area contributed by atoms with E-state index in [1.807, 2.05) is 6.07 Å². The second-order valence-corrected chi connectivity index (χ2v) is 7.87. The van der Waals surface area contributed by atoms with E-state index in [-0.39, 0.29) is 11.9 Å². The van der Waals surface area contributed by atoms with Gasteiger partial charge in [-0.05, 0) is 54.5 Å². The number of thioether (sulfide) groups is 1. The number of benzene rings is 1. The van der Waals surface area contributed by atoms with Crippen LogP contribution >= 0.6 is 23.1 Å². The van der Waals surface area contributed by atoms with Crippen LogP contribution in [0.25, 0.3) is 0 Å². The number of carbonyl (C=O) groups excluding carboxylic acids is 1. The number of amides is 1. The maximum Gasteiger partial charge on any atom is 0.230 e. The van der Waals surface area contributed by atoms with Gasteiger partial charge < -0.3 is 5.32 Å². The van der Waals surface area contributed by atoms with Gasteiger partial charge in [-0.25, -0.2) is 0 Å². The first-order chi connectivity index (χ1) is 10.5. The number of aryl methyl sites for hydroxylation is 2. The van der Waals surface area contributed by atoms with Crippen LogP contribution in [0.2, 0.25) is 0 Å². The Morgan fingerprint density at radius 1 is 1.23 bits per heavy atom. The summed E-state index contributed by atoms with van der Waals surface area (Å²) < 4.78 is 0. The molecule has 1 aromatic heterocycles. The van der Waals surface area contributed by atoms with Gasteiger partial charge in [0.05, 0.1) is 11.8 Å². The molecule has 0 saturated heterocycles. The van der Waals surface area contributed by atoms with Crippen molar-refractivity contribution in [1.29, 1.82) is 0 Å². The third-order valence-electron chi connectivity index (χ3n) is 3.68. The number of thiophene rings is 1. The molecule has 0 spiro atoms. The SMILES string of the molecule is Cc1ccc(SCC(=O)N[C@@H](c2cccs2)C(C)C)cc1C. The Hall–Kier alpha value is -1.26. The van der Waals surface area contributed by atoms with Gasteiger partial charge in [-0.15, -0.1) is 23.1 Å². The van der Waals surface area contributed by atoms with E-state index >= 15 is 0 Å². The molecule has 2 nitrogen and oxygen atoms in total. The first-order valence-electron chi connectivity index (χ1n) is 7.50. The summed E-state index contributed by atoms with van der Waals surface area (Å²) in [7, 11) is 0. The minimum Gasteiger partial charge on any atom is -0.347 e. The highest BCUT2D eigenvalue weighted by atomic mass is 32.2. The van der Waals surface area contributed by atoms with E-state index in [0.717, 1.165) is 4.90 Å². The fraction of sp³-hybridized carbons (Fsp3) is 0.389. The molecule has 22 heavy (non-hydrogen) atoms. The summed E-state index contributed by atoms with van der Waals surface area (Å²) in [5, 5.41) is 5.22. The second-order valence-electron chi connectivity index (χ2n) is 5.84. The molecule has 0 fully saturated rings. The Kier molecular flexibility index (Phi) is 6.09. The van der Waals surface area contributed by atoms with Gasteiger partial charge in [-0.2, -0.15) is 0 Å². The summed E-state index contributed by atoms with van der Waals surface area (Å²) in [6.07, 6.45) is 0. The van der Waals surface area contributed by atoms with Crippen molar-refractivity contribution >= 4 is 29.0 Å². The average molecular weight is 334 g/mol. The molecule has 0 saturated carbocycles. The highest BCUT2D eigenvalue weighted by molar-refractivity contribution is 8.00. The van der Waals surface area contributed by atoms with Gasteiger partial charge >= 0.3 is 0 Å². The van der Waals surface area contributed by atoms with Crippen molar-refractivity contribution in [2.24, 2.45) is 5.92 Å². The Bertz CT molecular complexity index is 620. The normalized spacial score (nSPS) is 12.4. The fourth-order valence-electron chi connectivity index (χ4n) is 2.20. The van der Waals surface area contributed by atoms with Crippen LogP contribution in [0.3, 0.4) is 0 Å². The largest absolute Gasteiger partial charge is 0.347 e. The maximum absolute atomic E-state index is 12.3. The van der Waals surface area contributed by atoms with E-state index in [4.69, 9.17) is 0 Å². The minimum absolute atomic E-state index is 0.0929. The van der Waals surface area contributed by atoms with Crippen LogP contribution in [0.5, 0.6) is 0 Å². The number of carbonyl (C=O) groups is 1. The second kappa shape index (κ2) is 7.84. The first kappa shape index (κ1) is 17.1. The molecule has 2 aromatic rings. The summed E-state index contributed by atoms with van der Waals surface area (Å²) >= 11 is 3.29. The number of nitrogens with one attached hydrogen (secondary N) is 1. The van der Waals surface area contributed by atoms with Gasteiger partial charge in [-0.3, -0.25) is 4.79 Å². The van der Waals surface area contributed by atoms with Crippen molar-refractivity contribution in [3.8, 4) is 0 Å². The van der Waals surface area contributed by atoms with E-state index in [9.17, 15) is 4.79 Å². The van der Waals surface area contributed by atoms with Crippen LogP contribution in [0.15, 0.2) is 40.6 Å². The zero-order valence-corrected chi connectivity index (χ0v) is 15.2. The van der Waals surface area contributed by atoms with Crippen molar-refractivity contribution in [3.05, 3.63) is 51.7 Å². The van der Waals surface area contributed by atoms with Gasteiger partial charge in [0.2, 0.25) is 5.91 Å². The Morgan fingerprint density at radius 2 is 2.00 bits per heavy atom. The third kappa shape index (κ3) is 4.62. The van der Waals surface area contributed by atoms with Crippen molar-refractivity contribution in [3.63, 3.8) is 0 Å². The molecule has 2 rings (SSSR count). The maximum atomic E-state index is 12.3. The standard InChI is InChI=1S/C18H23NOS2/c1-12(2)18(16-6-5-9-21-16)19-17(20)11-22-15-8-7-13(3)14(4)10-15/h5-10,12,18H,11H2,1-4H3,(H,19,20)/t18-/m1/s1. The molecule has 1 heterocycles. The van der Waals surface area contributed by atoms with Gasteiger partial charge in [0.25, 0.3) is 0 Å². The molecular formula is C18H23NOS2. The molecule has 0 unspecified atom stereocenters. The predicted molar refractivity (Wildman–Crippen MR) is 96.7 cm³/mol. The van der Waals surface area contributed by atoms with Crippen LogP contribution < -0.4 is 5.32 Å². The van der Waals surface area contributed by atoms with Crippen molar-refractivity contribution in [2.75, 3.05) is 5.75 Å². The Labute approximate surface area is 141 Å². The summed E-state index contributed by atoms with van der Waals surface area (Å²) in [4.78, 5) is 14.6. The van der Waals surface area contributed by atoms with Crippen LogP contribution in [0.4, 0.5) is 0 Å². The van der Waals surface area contributed by atoms with E-state index in [1.165, 1.54) is 16.0 Å².